The molecule has 0 aromatic heterocycles. The summed E-state index contributed by atoms with van der Waals surface area (Å²) in [4.78, 5) is 8.93. The first-order valence-corrected chi connectivity index (χ1v) is 10.3. The number of aliphatic imine (C=N–C) groups is 1. The van der Waals surface area contributed by atoms with E-state index >= 15 is 0 Å². The Morgan fingerprint density at radius 1 is 1.17 bits per heavy atom. The van der Waals surface area contributed by atoms with Crippen LogP contribution in [0.15, 0.2) is 59.6 Å². The van der Waals surface area contributed by atoms with Gasteiger partial charge in [-0.3, -0.25) is 4.99 Å². The van der Waals surface area contributed by atoms with Crippen LogP contribution in [0.2, 0.25) is 0 Å². The first-order valence-electron chi connectivity index (χ1n) is 10.3. The summed E-state index contributed by atoms with van der Waals surface area (Å²) in [5.41, 5.74) is 2.46. The lowest BCUT2D eigenvalue weighted by Crippen LogP contribution is -2.44. The van der Waals surface area contributed by atoms with E-state index in [2.05, 4.69) is 67.9 Å². The van der Waals surface area contributed by atoms with Crippen molar-refractivity contribution < 1.29 is 4.74 Å². The molecular weight excluding hydrogens is 362 g/mol. The Balaban J connectivity index is 1.46. The minimum absolute atomic E-state index is 0.391. The van der Waals surface area contributed by atoms with Crippen LogP contribution in [-0.4, -0.2) is 64.3 Å². The summed E-state index contributed by atoms with van der Waals surface area (Å²) in [5, 5.41) is 6.98. The van der Waals surface area contributed by atoms with Crippen LogP contribution in [0.1, 0.15) is 12.0 Å². The van der Waals surface area contributed by atoms with Gasteiger partial charge in [0.25, 0.3) is 0 Å². The molecule has 2 aromatic rings. The van der Waals surface area contributed by atoms with E-state index in [4.69, 9.17) is 4.74 Å². The maximum atomic E-state index is 5.83. The molecule has 0 saturated carbocycles. The Kier molecular flexibility index (Phi) is 7.76. The molecule has 6 nitrogen and oxygen atoms in total. The number of benzene rings is 2. The number of para-hydroxylation sites is 1. The molecule has 1 fully saturated rings. The first-order chi connectivity index (χ1) is 14.1. The van der Waals surface area contributed by atoms with Crippen LogP contribution in [0.5, 0.6) is 5.75 Å². The molecule has 0 aliphatic carbocycles. The van der Waals surface area contributed by atoms with Gasteiger partial charge in [-0.25, -0.2) is 0 Å². The molecular formula is C23H33N5O. The Morgan fingerprint density at radius 2 is 2.00 bits per heavy atom. The summed E-state index contributed by atoms with van der Waals surface area (Å²) in [5.74, 6) is 1.74. The second-order valence-corrected chi connectivity index (χ2v) is 7.64. The quantitative estimate of drug-likeness (QED) is 0.532. The number of likely N-dealkylation sites (N-methyl/N-ethyl adjacent to an activating group) is 1. The molecule has 1 heterocycles. The molecule has 2 N–H and O–H groups in total. The van der Waals surface area contributed by atoms with Crippen molar-refractivity contribution in [3.63, 3.8) is 0 Å². The molecule has 0 spiro atoms. The fraction of sp³-hybridized carbons (Fsp3) is 0.435. The standard InChI is InChI=1S/C23H33N5O/c1-24-23(26-20-12-13-28(18-20)21-9-5-4-6-10-21)25-17-19-8-7-11-22(16-19)29-15-14-27(2)3/h4-11,16,20H,12-15,17-18H2,1-3H3,(H2,24,25,26). The number of nitrogens with zero attached hydrogens (tertiary/aromatic N) is 3. The van der Waals surface area contributed by atoms with Gasteiger partial charge in [0.05, 0.1) is 0 Å². The van der Waals surface area contributed by atoms with Gasteiger partial charge in [0.2, 0.25) is 0 Å². The van der Waals surface area contributed by atoms with Crippen molar-refractivity contribution in [2.24, 2.45) is 4.99 Å². The van der Waals surface area contributed by atoms with Gasteiger partial charge in [-0.2, -0.15) is 0 Å². The highest BCUT2D eigenvalue weighted by Gasteiger charge is 2.23. The number of hydrogen-bond donors (Lipinski definition) is 2. The molecule has 3 rings (SSSR count). The summed E-state index contributed by atoms with van der Waals surface area (Å²) in [6, 6.07) is 19.2. The number of guanidine groups is 1. The highest BCUT2D eigenvalue weighted by atomic mass is 16.5. The van der Waals surface area contributed by atoms with Crippen molar-refractivity contribution in [3.05, 3.63) is 60.2 Å². The van der Waals surface area contributed by atoms with Crippen molar-refractivity contribution in [2.75, 3.05) is 52.3 Å². The topological polar surface area (TPSA) is 52.1 Å². The number of rotatable bonds is 8. The second-order valence-electron chi connectivity index (χ2n) is 7.64. The van der Waals surface area contributed by atoms with Crippen LogP contribution in [0.3, 0.4) is 0 Å². The third-order valence-corrected chi connectivity index (χ3v) is 5.04. The maximum Gasteiger partial charge on any atom is 0.191 e. The van der Waals surface area contributed by atoms with E-state index in [1.54, 1.807) is 0 Å². The Labute approximate surface area is 174 Å². The van der Waals surface area contributed by atoms with Crippen molar-refractivity contribution >= 4 is 11.6 Å². The van der Waals surface area contributed by atoms with Gasteiger partial charge in [0.1, 0.15) is 12.4 Å². The molecule has 0 radical (unpaired) electrons. The van der Waals surface area contributed by atoms with E-state index in [9.17, 15) is 0 Å². The van der Waals surface area contributed by atoms with Crippen LogP contribution in [0.25, 0.3) is 0 Å². The first kappa shape index (κ1) is 21.0. The van der Waals surface area contributed by atoms with Gasteiger partial charge in [0.15, 0.2) is 5.96 Å². The Morgan fingerprint density at radius 3 is 2.76 bits per heavy atom. The van der Waals surface area contributed by atoms with Crippen LogP contribution in [-0.2, 0) is 6.54 Å². The summed E-state index contributed by atoms with van der Waals surface area (Å²) >= 11 is 0. The summed E-state index contributed by atoms with van der Waals surface area (Å²) in [6.45, 7) is 4.34. The van der Waals surface area contributed by atoms with Gasteiger partial charge >= 0.3 is 0 Å². The highest BCUT2D eigenvalue weighted by Crippen LogP contribution is 2.19. The highest BCUT2D eigenvalue weighted by molar-refractivity contribution is 5.80. The Bertz CT molecular complexity index is 778. The third-order valence-electron chi connectivity index (χ3n) is 5.04. The zero-order valence-electron chi connectivity index (χ0n) is 17.8. The van der Waals surface area contributed by atoms with Gasteiger partial charge in [0, 0.05) is 45.0 Å². The molecule has 1 unspecified atom stereocenters. The van der Waals surface area contributed by atoms with Crippen molar-refractivity contribution in [3.8, 4) is 5.75 Å². The van der Waals surface area contributed by atoms with Gasteiger partial charge in [-0.05, 0) is 50.3 Å². The minimum Gasteiger partial charge on any atom is -0.492 e. The van der Waals surface area contributed by atoms with Gasteiger partial charge in [-0.1, -0.05) is 30.3 Å². The van der Waals surface area contributed by atoms with Crippen molar-refractivity contribution in [2.45, 2.75) is 19.0 Å². The van der Waals surface area contributed by atoms with Crippen LogP contribution in [0, 0.1) is 0 Å². The molecule has 29 heavy (non-hydrogen) atoms. The normalized spacial score (nSPS) is 16.9. The molecule has 2 aromatic carbocycles. The maximum absolute atomic E-state index is 5.83. The van der Waals surface area contributed by atoms with Crippen LogP contribution >= 0.6 is 0 Å². The average molecular weight is 396 g/mol. The predicted molar refractivity (Wildman–Crippen MR) is 121 cm³/mol. The van der Waals surface area contributed by atoms with E-state index in [0.29, 0.717) is 19.2 Å². The lowest BCUT2D eigenvalue weighted by molar-refractivity contribution is 0.261. The lowest BCUT2D eigenvalue weighted by atomic mass is 10.2. The molecule has 1 saturated heterocycles. The monoisotopic (exact) mass is 395 g/mol. The number of nitrogens with one attached hydrogen (secondary N) is 2. The summed E-state index contributed by atoms with van der Waals surface area (Å²) < 4.78 is 5.83. The number of ether oxygens (including phenoxy) is 1. The minimum atomic E-state index is 0.391. The lowest BCUT2D eigenvalue weighted by Gasteiger charge is -2.20. The number of hydrogen-bond acceptors (Lipinski definition) is 4. The van der Waals surface area contributed by atoms with E-state index in [0.717, 1.165) is 37.8 Å². The fourth-order valence-electron chi connectivity index (χ4n) is 3.42. The van der Waals surface area contributed by atoms with Gasteiger partial charge in [-0.15, -0.1) is 0 Å². The van der Waals surface area contributed by atoms with E-state index in [-0.39, 0.29) is 0 Å². The zero-order valence-corrected chi connectivity index (χ0v) is 17.8. The van der Waals surface area contributed by atoms with Crippen molar-refractivity contribution in [1.29, 1.82) is 0 Å². The Hall–Kier alpha value is -2.73. The largest absolute Gasteiger partial charge is 0.492 e. The molecule has 156 valence electrons. The second kappa shape index (κ2) is 10.7. The molecule has 0 amide bonds. The molecule has 1 aliphatic rings. The smallest absolute Gasteiger partial charge is 0.191 e. The van der Waals surface area contributed by atoms with E-state index in [1.807, 2.05) is 33.3 Å². The summed E-state index contributed by atoms with van der Waals surface area (Å²) in [7, 11) is 5.91. The number of anilines is 1. The van der Waals surface area contributed by atoms with Crippen LogP contribution < -0.4 is 20.3 Å². The zero-order chi connectivity index (χ0) is 20.5. The molecule has 6 heteroatoms. The fourth-order valence-corrected chi connectivity index (χ4v) is 3.42. The molecule has 1 atom stereocenters. The van der Waals surface area contributed by atoms with E-state index < -0.39 is 0 Å². The van der Waals surface area contributed by atoms with Crippen molar-refractivity contribution in [1.82, 2.24) is 15.5 Å². The molecule has 0 bridgehead atoms. The predicted octanol–water partition coefficient (Wildman–Crippen LogP) is 2.57. The molecule has 1 aliphatic heterocycles. The van der Waals surface area contributed by atoms with Gasteiger partial charge < -0.3 is 25.2 Å². The average Bonchev–Trinajstić information content (AvgIpc) is 3.20. The SMILES string of the molecule is CN=C(NCc1cccc(OCCN(C)C)c1)NC1CCN(c2ccccc2)C1. The third kappa shape index (κ3) is 6.68. The summed E-state index contributed by atoms with van der Waals surface area (Å²) in [6.07, 6.45) is 1.10. The van der Waals surface area contributed by atoms with E-state index in [1.165, 1.54) is 11.3 Å². The van der Waals surface area contributed by atoms with Crippen LogP contribution in [0.4, 0.5) is 5.69 Å².